The van der Waals surface area contributed by atoms with Crippen LogP contribution in [0.5, 0.6) is 5.75 Å². The SMILES string of the molecule is CNC(=O)CSc1nnc(-c2ccc(C)cc2)n1-c1ccc(OC)cc1. The van der Waals surface area contributed by atoms with Crippen molar-refractivity contribution in [3.05, 3.63) is 54.1 Å². The molecule has 7 heteroatoms. The van der Waals surface area contributed by atoms with E-state index in [2.05, 4.69) is 15.5 Å². The molecular formula is C19H20N4O2S. The number of nitrogens with zero attached hydrogens (tertiary/aromatic N) is 3. The van der Waals surface area contributed by atoms with Gasteiger partial charge in [-0.25, -0.2) is 0 Å². The van der Waals surface area contributed by atoms with Gasteiger partial charge in [0.25, 0.3) is 0 Å². The summed E-state index contributed by atoms with van der Waals surface area (Å²) in [4.78, 5) is 11.6. The van der Waals surface area contributed by atoms with Gasteiger partial charge in [0, 0.05) is 18.3 Å². The van der Waals surface area contributed by atoms with Crippen LogP contribution in [-0.4, -0.2) is 40.6 Å². The molecule has 2 aromatic carbocycles. The number of ether oxygens (including phenoxy) is 1. The van der Waals surface area contributed by atoms with Crippen LogP contribution in [0.1, 0.15) is 5.56 Å². The Balaban J connectivity index is 2.04. The molecule has 0 saturated carbocycles. The number of nitrogens with one attached hydrogen (secondary N) is 1. The summed E-state index contributed by atoms with van der Waals surface area (Å²) in [6.45, 7) is 2.04. The zero-order valence-electron chi connectivity index (χ0n) is 14.9. The van der Waals surface area contributed by atoms with Crippen molar-refractivity contribution in [2.24, 2.45) is 0 Å². The van der Waals surface area contributed by atoms with Gasteiger partial charge in [-0.3, -0.25) is 9.36 Å². The lowest BCUT2D eigenvalue weighted by molar-refractivity contribution is -0.118. The van der Waals surface area contributed by atoms with Crippen LogP contribution in [0, 0.1) is 6.92 Å². The maximum Gasteiger partial charge on any atom is 0.230 e. The number of methoxy groups -OCH3 is 1. The fraction of sp³-hybridized carbons (Fsp3) is 0.211. The molecule has 1 amide bonds. The molecule has 1 N–H and O–H groups in total. The second-order valence-corrected chi connectivity index (χ2v) is 6.61. The quantitative estimate of drug-likeness (QED) is 0.677. The molecule has 0 saturated heterocycles. The van der Waals surface area contributed by atoms with E-state index in [4.69, 9.17) is 4.74 Å². The minimum Gasteiger partial charge on any atom is -0.497 e. The summed E-state index contributed by atoms with van der Waals surface area (Å²) >= 11 is 1.35. The van der Waals surface area contributed by atoms with E-state index in [-0.39, 0.29) is 11.7 Å². The highest BCUT2D eigenvalue weighted by Gasteiger charge is 2.17. The molecule has 134 valence electrons. The van der Waals surface area contributed by atoms with E-state index >= 15 is 0 Å². The highest BCUT2D eigenvalue weighted by Crippen LogP contribution is 2.29. The number of aryl methyl sites for hydroxylation is 1. The number of hydrogen-bond acceptors (Lipinski definition) is 5. The molecule has 0 aliphatic rings. The van der Waals surface area contributed by atoms with Gasteiger partial charge in [0.05, 0.1) is 12.9 Å². The third-order valence-electron chi connectivity index (χ3n) is 3.88. The highest BCUT2D eigenvalue weighted by atomic mass is 32.2. The molecule has 0 atom stereocenters. The Kier molecular flexibility index (Phi) is 5.58. The Morgan fingerprint density at radius 2 is 1.81 bits per heavy atom. The van der Waals surface area contributed by atoms with Gasteiger partial charge in [-0.05, 0) is 31.2 Å². The van der Waals surface area contributed by atoms with E-state index in [0.717, 1.165) is 22.8 Å². The smallest absolute Gasteiger partial charge is 0.230 e. The molecule has 0 bridgehead atoms. The number of thioether (sulfide) groups is 1. The predicted octanol–water partition coefficient (Wildman–Crippen LogP) is 3.09. The van der Waals surface area contributed by atoms with Crippen molar-refractivity contribution in [1.82, 2.24) is 20.1 Å². The Morgan fingerprint density at radius 3 is 2.42 bits per heavy atom. The number of carbonyl (C=O) groups is 1. The zero-order valence-corrected chi connectivity index (χ0v) is 15.7. The van der Waals surface area contributed by atoms with E-state index < -0.39 is 0 Å². The minimum absolute atomic E-state index is 0.0591. The van der Waals surface area contributed by atoms with E-state index in [9.17, 15) is 4.79 Å². The first-order chi connectivity index (χ1) is 12.6. The third-order valence-corrected chi connectivity index (χ3v) is 4.81. The van der Waals surface area contributed by atoms with Crippen LogP contribution in [0.4, 0.5) is 0 Å². The Bertz CT molecular complexity index is 889. The Morgan fingerprint density at radius 1 is 1.12 bits per heavy atom. The first-order valence-electron chi connectivity index (χ1n) is 8.12. The van der Waals surface area contributed by atoms with Crippen LogP contribution in [0.25, 0.3) is 17.1 Å². The minimum atomic E-state index is -0.0591. The molecule has 0 spiro atoms. The number of hydrogen-bond donors (Lipinski definition) is 1. The molecule has 0 fully saturated rings. The van der Waals surface area contributed by atoms with Gasteiger partial charge >= 0.3 is 0 Å². The van der Waals surface area contributed by atoms with Crippen LogP contribution in [0.2, 0.25) is 0 Å². The van der Waals surface area contributed by atoms with Crippen LogP contribution in [-0.2, 0) is 4.79 Å². The van der Waals surface area contributed by atoms with Crippen molar-refractivity contribution in [3.8, 4) is 22.8 Å². The van der Waals surface area contributed by atoms with Crippen molar-refractivity contribution in [3.63, 3.8) is 0 Å². The van der Waals surface area contributed by atoms with Gasteiger partial charge < -0.3 is 10.1 Å². The van der Waals surface area contributed by atoms with Crippen molar-refractivity contribution in [2.45, 2.75) is 12.1 Å². The van der Waals surface area contributed by atoms with Gasteiger partial charge in [-0.15, -0.1) is 10.2 Å². The summed E-state index contributed by atoms with van der Waals surface area (Å²) in [7, 11) is 3.25. The summed E-state index contributed by atoms with van der Waals surface area (Å²) in [6, 6.07) is 15.8. The van der Waals surface area contributed by atoms with E-state index in [1.54, 1.807) is 14.2 Å². The molecule has 3 aromatic rings. The summed E-state index contributed by atoms with van der Waals surface area (Å²) in [5, 5.41) is 12.0. The average molecular weight is 368 g/mol. The van der Waals surface area contributed by atoms with Crippen LogP contribution < -0.4 is 10.1 Å². The van der Waals surface area contributed by atoms with Crippen molar-refractivity contribution >= 4 is 17.7 Å². The maximum absolute atomic E-state index is 11.6. The van der Waals surface area contributed by atoms with Gasteiger partial charge in [-0.2, -0.15) is 0 Å². The lowest BCUT2D eigenvalue weighted by Gasteiger charge is -2.11. The van der Waals surface area contributed by atoms with Gasteiger partial charge in [-0.1, -0.05) is 41.6 Å². The van der Waals surface area contributed by atoms with Crippen molar-refractivity contribution in [2.75, 3.05) is 19.9 Å². The number of benzene rings is 2. The van der Waals surface area contributed by atoms with E-state index in [0.29, 0.717) is 5.16 Å². The zero-order chi connectivity index (χ0) is 18.5. The lowest BCUT2D eigenvalue weighted by Crippen LogP contribution is -2.20. The first-order valence-corrected chi connectivity index (χ1v) is 9.11. The predicted molar refractivity (Wildman–Crippen MR) is 103 cm³/mol. The van der Waals surface area contributed by atoms with Gasteiger partial charge in [0.2, 0.25) is 5.91 Å². The molecule has 0 aliphatic heterocycles. The molecule has 0 radical (unpaired) electrons. The number of aromatic nitrogens is 3. The third kappa shape index (κ3) is 3.88. The fourth-order valence-electron chi connectivity index (χ4n) is 2.42. The van der Waals surface area contributed by atoms with Crippen LogP contribution in [0.3, 0.4) is 0 Å². The van der Waals surface area contributed by atoms with Crippen molar-refractivity contribution < 1.29 is 9.53 Å². The monoisotopic (exact) mass is 368 g/mol. The fourth-order valence-corrected chi connectivity index (χ4v) is 3.24. The van der Waals surface area contributed by atoms with E-state index in [1.807, 2.05) is 60.0 Å². The van der Waals surface area contributed by atoms with Crippen LogP contribution >= 0.6 is 11.8 Å². The van der Waals surface area contributed by atoms with Crippen LogP contribution in [0.15, 0.2) is 53.7 Å². The Labute approximate surface area is 156 Å². The van der Waals surface area contributed by atoms with Gasteiger partial charge in [0.15, 0.2) is 11.0 Å². The first kappa shape index (κ1) is 18.0. The molecule has 6 nitrogen and oxygen atoms in total. The lowest BCUT2D eigenvalue weighted by atomic mass is 10.1. The molecule has 0 unspecified atom stereocenters. The molecule has 26 heavy (non-hydrogen) atoms. The average Bonchev–Trinajstić information content (AvgIpc) is 3.10. The van der Waals surface area contributed by atoms with Crippen molar-refractivity contribution in [1.29, 1.82) is 0 Å². The maximum atomic E-state index is 11.6. The standard InChI is InChI=1S/C19H20N4O2S/c1-13-4-6-14(7-5-13)18-21-22-19(26-12-17(24)20-2)23(18)15-8-10-16(25-3)11-9-15/h4-11H,12H2,1-3H3,(H,20,24). The topological polar surface area (TPSA) is 69.0 Å². The summed E-state index contributed by atoms with van der Waals surface area (Å²) in [5.74, 6) is 1.72. The molecule has 1 aromatic heterocycles. The summed E-state index contributed by atoms with van der Waals surface area (Å²) < 4.78 is 7.20. The largest absolute Gasteiger partial charge is 0.497 e. The number of rotatable bonds is 6. The number of carbonyl (C=O) groups excluding carboxylic acids is 1. The number of amides is 1. The molecule has 1 heterocycles. The highest BCUT2D eigenvalue weighted by molar-refractivity contribution is 7.99. The second-order valence-electron chi connectivity index (χ2n) is 5.67. The van der Waals surface area contributed by atoms with Gasteiger partial charge in [0.1, 0.15) is 5.75 Å². The summed E-state index contributed by atoms with van der Waals surface area (Å²) in [6.07, 6.45) is 0. The Hall–Kier alpha value is -2.80. The molecule has 0 aliphatic carbocycles. The summed E-state index contributed by atoms with van der Waals surface area (Å²) in [5.41, 5.74) is 3.05. The molecular weight excluding hydrogens is 348 g/mol. The van der Waals surface area contributed by atoms with E-state index in [1.165, 1.54) is 17.3 Å². The normalized spacial score (nSPS) is 10.6. The second kappa shape index (κ2) is 8.05. The molecule has 3 rings (SSSR count).